The van der Waals surface area contributed by atoms with Crippen molar-refractivity contribution < 1.29 is 3.79 Å². The van der Waals surface area contributed by atoms with Crippen LogP contribution in [0.15, 0.2) is 0 Å². The summed E-state index contributed by atoms with van der Waals surface area (Å²) >= 11 is -0.699. The van der Waals surface area contributed by atoms with Gasteiger partial charge in [0.2, 0.25) is 0 Å². The van der Waals surface area contributed by atoms with Gasteiger partial charge in [-0.3, -0.25) is 0 Å². The summed E-state index contributed by atoms with van der Waals surface area (Å²) in [5, 5.41) is 1.41. The lowest BCUT2D eigenvalue weighted by Crippen LogP contribution is -2.25. The van der Waals surface area contributed by atoms with E-state index >= 15 is 0 Å². The molecule has 0 unspecified atom stereocenters. The summed E-state index contributed by atoms with van der Waals surface area (Å²) in [4.78, 5) is 0. The summed E-state index contributed by atoms with van der Waals surface area (Å²) < 4.78 is 6.53. The highest BCUT2D eigenvalue weighted by Gasteiger charge is 2.26. The molecule has 0 aromatic carbocycles. The van der Waals surface area contributed by atoms with Gasteiger partial charge in [0.1, 0.15) is 0 Å². The molecule has 0 saturated carbocycles. The van der Waals surface area contributed by atoms with Crippen molar-refractivity contribution in [3.05, 3.63) is 0 Å². The van der Waals surface area contributed by atoms with Crippen LogP contribution in [0.25, 0.3) is 0 Å². The molecule has 0 aromatic heterocycles. The van der Waals surface area contributed by atoms with Gasteiger partial charge in [-0.1, -0.05) is 30.3 Å². The molecule has 0 bridgehead atoms. The molecular formula is C7H15AlO. The van der Waals surface area contributed by atoms with E-state index in [1.54, 1.807) is 0 Å². The van der Waals surface area contributed by atoms with Crippen LogP contribution in [-0.2, 0) is 3.79 Å². The Balaban J connectivity index is 2.23. The first-order valence-electron chi connectivity index (χ1n) is 3.92. The molecule has 0 aliphatic carbocycles. The molecule has 0 amide bonds. The van der Waals surface area contributed by atoms with Crippen LogP contribution in [-0.4, -0.2) is 21.1 Å². The van der Waals surface area contributed by atoms with Crippen LogP contribution in [0.5, 0.6) is 0 Å². The first-order chi connectivity index (χ1) is 4.30. The maximum Gasteiger partial charge on any atom is 0.463 e. The summed E-state index contributed by atoms with van der Waals surface area (Å²) in [5.74, 6) is 0. The Morgan fingerprint density at radius 1 is 1.33 bits per heavy atom. The van der Waals surface area contributed by atoms with E-state index in [-0.39, 0.29) is 0 Å². The summed E-state index contributed by atoms with van der Waals surface area (Å²) in [6, 6.07) is 0. The van der Waals surface area contributed by atoms with E-state index in [9.17, 15) is 0 Å². The maximum absolute atomic E-state index is 5.68. The minimum Gasteiger partial charge on any atom is -0.500 e. The molecule has 1 aliphatic rings. The van der Waals surface area contributed by atoms with Gasteiger partial charge >= 0.3 is 14.5 Å². The molecular weight excluding hydrogens is 127 g/mol. The monoisotopic (exact) mass is 142 g/mol. The van der Waals surface area contributed by atoms with Crippen LogP contribution < -0.4 is 0 Å². The highest BCUT2D eigenvalue weighted by molar-refractivity contribution is 6.53. The quantitative estimate of drug-likeness (QED) is 0.510. The molecule has 0 atom stereocenters. The molecule has 9 heavy (non-hydrogen) atoms. The third-order valence-corrected chi connectivity index (χ3v) is 5.09. The van der Waals surface area contributed by atoms with E-state index < -0.39 is 14.5 Å². The Morgan fingerprint density at radius 2 is 2.11 bits per heavy atom. The molecule has 2 heteroatoms. The third-order valence-electron chi connectivity index (χ3n) is 1.96. The van der Waals surface area contributed by atoms with Crippen molar-refractivity contribution >= 4 is 14.5 Å². The van der Waals surface area contributed by atoms with Gasteiger partial charge in [-0.25, -0.2) is 0 Å². The number of hydrogen-bond donors (Lipinski definition) is 0. The molecule has 0 radical (unpaired) electrons. The predicted molar refractivity (Wildman–Crippen MR) is 40.8 cm³/mol. The zero-order valence-corrected chi connectivity index (χ0v) is 7.55. The third kappa shape index (κ3) is 2.29. The predicted octanol–water partition coefficient (Wildman–Crippen LogP) is 2.20. The molecule has 1 rings (SSSR count). The van der Waals surface area contributed by atoms with Gasteiger partial charge in [0.05, 0.1) is 0 Å². The Morgan fingerprint density at radius 3 is 2.44 bits per heavy atom. The van der Waals surface area contributed by atoms with Crippen molar-refractivity contribution in [2.24, 2.45) is 0 Å². The molecule has 0 aromatic rings. The number of rotatable bonds is 1. The fourth-order valence-electron chi connectivity index (χ4n) is 1.29. The minimum atomic E-state index is -0.699. The topological polar surface area (TPSA) is 9.23 Å². The fraction of sp³-hybridized carbons (Fsp3) is 1.00. The average Bonchev–Trinajstić information content (AvgIpc) is 1.90. The van der Waals surface area contributed by atoms with Crippen LogP contribution >= 0.6 is 0 Å². The molecule has 0 N–H and O–H groups in total. The second kappa shape index (κ2) is 3.61. The lowest BCUT2D eigenvalue weighted by atomic mass is 10.4. The Labute approximate surface area is 62.1 Å². The van der Waals surface area contributed by atoms with E-state index in [4.69, 9.17) is 3.79 Å². The van der Waals surface area contributed by atoms with Crippen molar-refractivity contribution in [3.8, 4) is 0 Å². The summed E-state index contributed by atoms with van der Waals surface area (Å²) in [6.07, 6.45) is 2.73. The first-order valence-corrected chi connectivity index (χ1v) is 5.88. The van der Waals surface area contributed by atoms with Crippen LogP contribution in [0.2, 0.25) is 10.1 Å². The standard InChI is InChI=1S/C4H8O.C3H7.Al/c1-2-3-4-5;1-3-2;/h1-4H2;3H,1-2H3;/q-1;;+1. The summed E-state index contributed by atoms with van der Waals surface area (Å²) in [6.45, 7) is 5.64. The minimum absolute atomic E-state index is 0.699. The van der Waals surface area contributed by atoms with E-state index in [1.165, 1.54) is 18.1 Å². The average molecular weight is 142 g/mol. The van der Waals surface area contributed by atoms with Crippen LogP contribution in [0.3, 0.4) is 0 Å². The van der Waals surface area contributed by atoms with Crippen LogP contribution in [0.1, 0.15) is 26.7 Å². The molecule has 52 valence electrons. The van der Waals surface area contributed by atoms with Gasteiger partial charge < -0.3 is 3.79 Å². The lowest BCUT2D eigenvalue weighted by molar-refractivity contribution is 0.281. The second-order valence-electron chi connectivity index (χ2n) is 3.15. The van der Waals surface area contributed by atoms with Gasteiger partial charge in [-0.05, 0) is 6.42 Å². The molecule has 0 spiro atoms. The van der Waals surface area contributed by atoms with Crippen LogP contribution in [0, 0.1) is 0 Å². The van der Waals surface area contributed by atoms with Crippen molar-refractivity contribution in [1.29, 1.82) is 0 Å². The Bertz CT molecular complexity index is 77.0. The van der Waals surface area contributed by atoms with E-state index in [0.717, 1.165) is 11.4 Å². The normalized spacial score (nSPS) is 21.0. The maximum atomic E-state index is 5.68. The van der Waals surface area contributed by atoms with E-state index in [1.807, 2.05) is 0 Å². The van der Waals surface area contributed by atoms with E-state index in [2.05, 4.69) is 13.8 Å². The van der Waals surface area contributed by atoms with E-state index in [0.29, 0.717) is 0 Å². The largest absolute Gasteiger partial charge is 0.500 e. The second-order valence-corrected chi connectivity index (χ2v) is 6.47. The molecule has 1 fully saturated rings. The van der Waals surface area contributed by atoms with Crippen molar-refractivity contribution in [2.75, 3.05) is 6.61 Å². The molecule has 1 saturated heterocycles. The summed E-state index contributed by atoms with van der Waals surface area (Å²) in [7, 11) is 0. The van der Waals surface area contributed by atoms with Crippen LogP contribution in [0.4, 0.5) is 0 Å². The zero-order chi connectivity index (χ0) is 6.69. The highest BCUT2D eigenvalue weighted by atomic mass is 27.2. The molecule has 1 heterocycles. The smallest absolute Gasteiger partial charge is 0.463 e. The van der Waals surface area contributed by atoms with Crippen molar-refractivity contribution in [2.45, 2.75) is 36.8 Å². The Hall–Kier alpha value is 0.492. The number of hydrogen-bond acceptors (Lipinski definition) is 1. The molecule has 1 nitrogen and oxygen atoms in total. The fourth-order valence-corrected chi connectivity index (χ4v) is 3.67. The van der Waals surface area contributed by atoms with Gasteiger partial charge in [-0.15, -0.1) is 0 Å². The summed E-state index contributed by atoms with van der Waals surface area (Å²) in [5.41, 5.74) is 0. The van der Waals surface area contributed by atoms with Crippen molar-refractivity contribution in [3.63, 3.8) is 0 Å². The Kier molecular flexibility index (Phi) is 3.05. The van der Waals surface area contributed by atoms with Crippen molar-refractivity contribution in [1.82, 2.24) is 0 Å². The highest BCUT2D eigenvalue weighted by Crippen LogP contribution is 2.19. The lowest BCUT2D eigenvalue weighted by Gasteiger charge is -2.20. The van der Waals surface area contributed by atoms with Gasteiger partial charge in [0.15, 0.2) is 0 Å². The zero-order valence-electron chi connectivity index (χ0n) is 6.39. The SMILES string of the molecule is C[CH](C)[Al]1[CH2]CCC[O]1. The van der Waals surface area contributed by atoms with Gasteiger partial charge in [-0.2, -0.15) is 0 Å². The first kappa shape index (κ1) is 7.60. The van der Waals surface area contributed by atoms with Gasteiger partial charge in [0, 0.05) is 6.61 Å². The van der Waals surface area contributed by atoms with Gasteiger partial charge in [0.25, 0.3) is 0 Å². The molecule has 1 aliphatic heterocycles.